The summed E-state index contributed by atoms with van der Waals surface area (Å²) in [5.74, 6) is 0. The molecule has 0 spiro atoms. The maximum atomic E-state index is 4.93. The van der Waals surface area contributed by atoms with Crippen LogP contribution in [0.2, 0.25) is 10.6 Å². The molecule has 2 rings (SSSR count). The van der Waals surface area contributed by atoms with E-state index in [1.54, 1.807) is 0 Å². The first-order chi connectivity index (χ1) is 14.7. The van der Waals surface area contributed by atoms with Gasteiger partial charge in [0.15, 0.2) is 0 Å². The van der Waals surface area contributed by atoms with Crippen LogP contribution >= 0.6 is 17.0 Å². The molecule has 0 unspecified atom stereocenters. The van der Waals surface area contributed by atoms with Crippen LogP contribution in [0.3, 0.4) is 0 Å². The SMILES string of the molecule is CCCC/C(CC)=[C](\CCCC)[Al]([CH2]C)[CH2]C.[CH]1[CH][CH][CH][CH]1.[CH]1[CH][CH][CH][CH]1.[Cl][Zr][Cl]. The molecule has 0 amide bonds. The second kappa shape index (κ2) is 28.8. The molecule has 0 N–H and O–H groups in total. The van der Waals surface area contributed by atoms with Gasteiger partial charge in [-0.25, -0.2) is 0 Å². The van der Waals surface area contributed by atoms with Gasteiger partial charge in [-0.3, -0.25) is 0 Å². The Kier molecular flexibility index (Phi) is 32.5. The first-order valence-corrected chi connectivity index (χ1v) is 20.2. The Labute approximate surface area is 214 Å². The molecule has 0 atom stereocenters. The number of rotatable bonds is 10. The second-order valence-electron chi connectivity index (χ2n) is 7.20. The van der Waals surface area contributed by atoms with E-state index >= 15 is 0 Å². The van der Waals surface area contributed by atoms with Gasteiger partial charge >= 0.3 is 37.9 Å². The molecular weight excluding hydrogens is 501 g/mol. The summed E-state index contributed by atoms with van der Waals surface area (Å²) in [6, 6.07) is 0. The summed E-state index contributed by atoms with van der Waals surface area (Å²) >= 11 is -1.40. The van der Waals surface area contributed by atoms with Crippen molar-refractivity contribution in [1.29, 1.82) is 0 Å². The Morgan fingerprint density at radius 3 is 1.23 bits per heavy atom. The van der Waals surface area contributed by atoms with Gasteiger partial charge < -0.3 is 0 Å². The van der Waals surface area contributed by atoms with E-state index in [0.29, 0.717) is 0 Å². The predicted molar refractivity (Wildman–Crippen MR) is 138 cm³/mol. The van der Waals surface area contributed by atoms with E-state index in [0.717, 1.165) is 0 Å². The predicted octanol–water partition coefficient (Wildman–Crippen LogP) is 9.57. The van der Waals surface area contributed by atoms with Crippen LogP contribution < -0.4 is 0 Å². The summed E-state index contributed by atoms with van der Waals surface area (Å²) in [4.78, 5) is 0. The summed E-state index contributed by atoms with van der Waals surface area (Å²) < 4.78 is 1.97. The molecule has 30 heavy (non-hydrogen) atoms. The zero-order valence-electron chi connectivity index (χ0n) is 20.0. The Bertz CT molecular complexity index is 324. The van der Waals surface area contributed by atoms with E-state index in [1.165, 1.54) is 55.5 Å². The zero-order valence-corrected chi connectivity index (χ0v) is 25.1. The topological polar surface area (TPSA) is 0 Å². The van der Waals surface area contributed by atoms with Crippen molar-refractivity contribution in [3.05, 3.63) is 74.2 Å². The fourth-order valence-corrected chi connectivity index (χ4v) is 6.52. The van der Waals surface area contributed by atoms with Gasteiger partial charge in [-0.1, -0.05) is 70.0 Å². The van der Waals surface area contributed by atoms with E-state index < -0.39 is 35.0 Å². The molecule has 2 aliphatic rings. The molecule has 0 aromatic carbocycles. The molecular formula is C26H43AlCl2Zr. The molecule has 4 heteroatoms. The molecule has 2 saturated carbocycles. The molecule has 0 aliphatic heterocycles. The fraction of sp³-hybridized carbons (Fsp3) is 0.538. The number of halogens is 2. The Balaban J connectivity index is 0. The van der Waals surface area contributed by atoms with E-state index in [1.807, 2.05) is 74.2 Å². The average molecular weight is 545 g/mol. The van der Waals surface area contributed by atoms with Gasteiger partial charge in [0.1, 0.15) is 0 Å². The van der Waals surface area contributed by atoms with Crippen LogP contribution in [0.1, 0.15) is 79.6 Å². The van der Waals surface area contributed by atoms with Crippen molar-refractivity contribution in [2.24, 2.45) is 0 Å². The van der Waals surface area contributed by atoms with Crippen LogP contribution in [0.4, 0.5) is 0 Å². The third-order valence-corrected chi connectivity index (χ3v) is 8.76. The molecule has 2 fully saturated rings. The summed E-state index contributed by atoms with van der Waals surface area (Å²) in [5, 5.41) is 2.93. The average Bonchev–Trinajstić information content (AvgIpc) is 3.52. The number of allylic oxidation sites excluding steroid dienone is 2. The number of hydrogen-bond acceptors (Lipinski definition) is 0. The Hall–Kier alpha value is 1.74. The van der Waals surface area contributed by atoms with Crippen molar-refractivity contribution in [2.45, 2.75) is 90.1 Å². The molecule has 168 valence electrons. The molecule has 0 bridgehead atoms. The van der Waals surface area contributed by atoms with Crippen LogP contribution in [0.5, 0.6) is 0 Å². The van der Waals surface area contributed by atoms with Crippen molar-refractivity contribution < 1.29 is 20.8 Å². The van der Waals surface area contributed by atoms with Gasteiger partial charge in [0.25, 0.3) is 14.1 Å². The van der Waals surface area contributed by atoms with Crippen LogP contribution in [0.15, 0.2) is 10.0 Å². The summed E-state index contributed by atoms with van der Waals surface area (Å²) in [5.41, 5.74) is 1.85. The molecule has 0 heterocycles. The summed E-state index contributed by atoms with van der Waals surface area (Å²) in [6.07, 6.45) is 29.6. The van der Waals surface area contributed by atoms with Crippen LogP contribution in [-0.4, -0.2) is 14.1 Å². The normalized spacial score (nSPS) is 15.6. The third kappa shape index (κ3) is 21.6. The Morgan fingerprint density at radius 1 is 0.633 bits per heavy atom. The molecule has 0 nitrogen and oxygen atoms in total. The van der Waals surface area contributed by atoms with Crippen molar-refractivity contribution >= 4 is 31.2 Å². The molecule has 2 aliphatic carbocycles. The standard InChI is InChI=1S/C12H23.2C5H5.2C2H5.Al.2ClH.Zr/c1-4-7-9-11-12(6-3)10-8-5-2;2*1-2-4-5-3-1;2*1-2;;;;/h4-10H2,1-3H3;2*1-5H;2*1H2,2H3;;2*1H;/q;;;;;;;;+2/p-2. The van der Waals surface area contributed by atoms with Crippen LogP contribution in [-0.2, 0) is 20.8 Å². The quantitative estimate of drug-likeness (QED) is 0.240. The van der Waals surface area contributed by atoms with Gasteiger partial charge in [0.2, 0.25) is 0 Å². The van der Waals surface area contributed by atoms with Gasteiger partial charge in [-0.05, 0) is 89.9 Å². The van der Waals surface area contributed by atoms with E-state index in [2.05, 4.69) is 34.6 Å². The van der Waals surface area contributed by atoms with Gasteiger partial charge in [-0.2, -0.15) is 0 Å². The van der Waals surface area contributed by atoms with E-state index in [9.17, 15) is 0 Å². The summed E-state index contributed by atoms with van der Waals surface area (Å²) in [7, 11) is 9.87. The van der Waals surface area contributed by atoms with Crippen LogP contribution in [0, 0.1) is 64.2 Å². The maximum absolute atomic E-state index is 4.93. The first-order valence-electron chi connectivity index (χ1n) is 11.7. The third-order valence-electron chi connectivity index (χ3n) is 5.10. The number of unbranched alkanes of at least 4 members (excludes halogenated alkanes) is 2. The van der Waals surface area contributed by atoms with Crippen molar-refractivity contribution in [1.82, 2.24) is 0 Å². The zero-order chi connectivity index (χ0) is 22.9. The number of hydrogen-bond donors (Lipinski definition) is 0. The van der Waals surface area contributed by atoms with Crippen molar-refractivity contribution in [2.75, 3.05) is 0 Å². The second-order valence-corrected chi connectivity index (χ2v) is 14.7. The fourth-order valence-electron chi connectivity index (χ4n) is 3.41. The van der Waals surface area contributed by atoms with E-state index in [-0.39, 0.29) is 0 Å². The Morgan fingerprint density at radius 2 is 0.967 bits per heavy atom. The van der Waals surface area contributed by atoms with Crippen molar-refractivity contribution in [3.63, 3.8) is 0 Å². The monoisotopic (exact) mass is 542 g/mol. The minimum atomic E-state index is -0.826. The molecule has 10 radical (unpaired) electrons. The van der Waals surface area contributed by atoms with Gasteiger partial charge in [0, 0.05) is 0 Å². The van der Waals surface area contributed by atoms with E-state index in [4.69, 9.17) is 17.0 Å². The molecule has 0 aromatic heterocycles. The molecule has 0 saturated heterocycles. The minimum absolute atomic E-state index is 0.577. The van der Waals surface area contributed by atoms with Crippen molar-refractivity contribution in [3.8, 4) is 0 Å². The van der Waals surface area contributed by atoms with Crippen LogP contribution in [0.25, 0.3) is 0 Å². The summed E-state index contributed by atoms with van der Waals surface area (Å²) in [6.45, 7) is 11.8. The molecule has 0 aromatic rings. The van der Waals surface area contributed by atoms with Gasteiger partial charge in [-0.15, -0.1) is 4.44 Å². The first kappa shape index (κ1) is 33.9. The van der Waals surface area contributed by atoms with Gasteiger partial charge in [0.05, 0.1) is 0 Å².